The van der Waals surface area contributed by atoms with E-state index in [2.05, 4.69) is 4.74 Å². The topological polar surface area (TPSA) is 44.5 Å². The Morgan fingerprint density at radius 1 is 1.45 bits per heavy atom. The number of ether oxygens (including phenoxy) is 2. The van der Waals surface area contributed by atoms with Gasteiger partial charge in [-0.3, -0.25) is 0 Å². The van der Waals surface area contributed by atoms with Gasteiger partial charge in [-0.2, -0.15) is 0 Å². The molecule has 2 atom stereocenters. The van der Waals surface area contributed by atoms with Crippen LogP contribution in [0.4, 0.5) is 4.39 Å². The van der Waals surface area contributed by atoms with Crippen LogP contribution >= 0.6 is 0 Å². The molecule has 1 heterocycles. The average molecular weight is 163 g/mol. The van der Waals surface area contributed by atoms with E-state index in [1.54, 1.807) is 0 Å². The van der Waals surface area contributed by atoms with Crippen LogP contribution in [0.15, 0.2) is 0 Å². The molecule has 2 N–H and O–H groups in total. The summed E-state index contributed by atoms with van der Waals surface area (Å²) in [5.74, 6) is 0. The Hall–Kier alpha value is -0.190. The number of rotatable bonds is 1. The van der Waals surface area contributed by atoms with Crippen molar-refractivity contribution >= 4 is 0 Å². The molecular weight excluding hydrogens is 149 g/mol. The highest BCUT2D eigenvalue weighted by molar-refractivity contribution is 4.84. The Morgan fingerprint density at radius 2 is 2.09 bits per heavy atom. The molecule has 11 heavy (non-hydrogen) atoms. The molecule has 0 saturated carbocycles. The van der Waals surface area contributed by atoms with Gasteiger partial charge in [0.1, 0.15) is 0 Å². The van der Waals surface area contributed by atoms with Gasteiger partial charge in [0.25, 0.3) is 0 Å². The van der Waals surface area contributed by atoms with Crippen molar-refractivity contribution in [1.29, 1.82) is 0 Å². The molecule has 1 aliphatic rings. The highest BCUT2D eigenvalue weighted by Gasteiger charge is 2.32. The van der Waals surface area contributed by atoms with Crippen molar-refractivity contribution in [3.05, 3.63) is 0 Å². The Bertz CT molecular complexity index is 135. The molecule has 2 unspecified atom stereocenters. The Balaban J connectivity index is 2.46. The first-order chi connectivity index (χ1) is 5.00. The van der Waals surface area contributed by atoms with E-state index in [0.717, 1.165) is 0 Å². The van der Waals surface area contributed by atoms with Gasteiger partial charge in [0.15, 0.2) is 6.79 Å². The Kier molecular flexibility index (Phi) is 2.47. The van der Waals surface area contributed by atoms with Crippen molar-refractivity contribution in [3.63, 3.8) is 0 Å². The minimum Gasteiger partial charge on any atom is -0.350 e. The van der Waals surface area contributed by atoms with Crippen molar-refractivity contribution in [1.82, 2.24) is 0 Å². The molecular formula is C7H14FNO2. The number of hydrogen-bond donors (Lipinski definition) is 1. The van der Waals surface area contributed by atoms with Crippen LogP contribution in [0, 0.1) is 0 Å². The fourth-order valence-corrected chi connectivity index (χ4v) is 1.02. The molecule has 0 bridgehead atoms. The first kappa shape index (κ1) is 8.90. The van der Waals surface area contributed by atoms with Gasteiger partial charge in [0, 0.05) is 12.0 Å². The highest BCUT2D eigenvalue weighted by Crippen LogP contribution is 2.21. The van der Waals surface area contributed by atoms with Gasteiger partial charge in [-0.05, 0) is 13.8 Å². The summed E-state index contributed by atoms with van der Waals surface area (Å²) in [5, 5.41) is 0. The third-order valence-electron chi connectivity index (χ3n) is 1.75. The zero-order valence-corrected chi connectivity index (χ0v) is 6.84. The lowest BCUT2D eigenvalue weighted by Gasteiger charge is -2.34. The summed E-state index contributed by atoms with van der Waals surface area (Å²) >= 11 is 0. The molecule has 0 aromatic carbocycles. The fourth-order valence-electron chi connectivity index (χ4n) is 1.02. The number of halogens is 1. The first-order valence-corrected chi connectivity index (χ1v) is 3.66. The van der Waals surface area contributed by atoms with E-state index in [1.807, 2.05) is 13.8 Å². The van der Waals surface area contributed by atoms with Gasteiger partial charge < -0.3 is 15.2 Å². The van der Waals surface area contributed by atoms with Crippen LogP contribution in [0.3, 0.4) is 0 Å². The zero-order valence-electron chi connectivity index (χ0n) is 6.84. The second-order valence-corrected chi connectivity index (χ2v) is 3.41. The molecule has 0 amide bonds. The minimum atomic E-state index is -1.23. The van der Waals surface area contributed by atoms with Crippen LogP contribution in [-0.4, -0.2) is 24.8 Å². The smallest absolute Gasteiger partial charge is 0.203 e. The Labute approximate surface area is 65.7 Å². The molecule has 0 aliphatic carbocycles. The van der Waals surface area contributed by atoms with Crippen molar-refractivity contribution in [2.24, 2.45) is 5.73 Å². The predicted octanol–water partition coefficient (Wildman–Crippen LogP) is 0.782. The molecule has 1 rings (SSSR count). The van der Waals surface area contributed by atoms with Crippen LogP contribution < -0.4 is 5.73 Å². The maximum atomic E-state index is 12.6. The molecule has 1 fully saturated rings. The minimum absolute atomic E-state index is 0.00641. The van der Waals surface area contributed by atoms with Crippen LogP contribution in [0.2, 0.25) is 0 Å². The lowest BCUT2D eigenvalue weighted by molar-refractivity contribution is -0.224. The van der Waals surface area contributed by atoms with Crippen molar-refractivity contribution in [2.45, 2.75) is 38.3 Å². The van der Waals surface area contributed by atoms with Crippen molar-refractivity contribution < 1.29 is 13.9 Å². The van der Waals surface area contributed by atoms with E-state index in [-0.39, 0.29) is 19.3 Å². The van der Waals surface area contributed by atoms with Gasteiger partial charge in [-0.15, -0.1) is 0 Å². The van der Waals surface area contributed by atoms with Gasteiger partial charge in [0.05, 0.1) is 6.10 Å². The maximum Gasteiger partial charge on any atom is 0.203 e. The van der Waals surface area contributed by atoms with Gasteiger partial charge >= 0.3 is 0 Å². The number of nitrogens with two attached hydrogens (primary N) is 1. The summed E-state index contributed by atoms with van der Waals surface area (Å²) in [5.41, 5.74) is 5.23. The Morgan fingerprint density at radius 3 is 2.45 bits per heavy atom. The van der Waals surface area contributed by atoms with Gasteiger partial charge in [0.2, 0.25) is 6.36 Å². The number of hydrogen-bond acceptors (Lipinski definition) is 3. The van der Waals surface area contributed by atoms with Crippen LogP contribution in [0.5, 0.6) is 0 Å². The van der Waals surface area contributed by atoms with Crippen LogP contribution in [-0.2, 0) is 9.47 Å². The summed E-state index contributed by atoms with van der Waals surface area (Å²) in [6.45, 7) is 3.64. The van der Waals surface area contributed by atoms with Crippen LogP contribution in [0.1, 0.15) is 20.3 Å². The highest BCUT2D eigenvalue weighted by atomic mass is 19.1. The predicted molar refractivity (Wildman–Crippen MR) is 38.6 cm³/mol. The number of alkyl halides is 1. The molecule has 1 saturated heterocycles. The fraction of sp³-hybridized carbons (Fsp3) is 1.00. The van der Waals surface area contributed by atoms with E-state index in [9.17, 15) is 4.39 Å². The average Bonchev–Trinajstić information content (AvgIpc) is 1.86. The van der Waals surface area contributed by atoms with E-state index < -0.39 is 11.9 Å². The standard InChI is InChI=1S/C7H14FNO2/c1-7(2,9)5-3-6(8)11-4-10-5/h5-6H,3-4,9H2,1-2H3. The van der Waals surface area contributed by atoms with Gasteiger partial charge in [-0.25, -0.2) is 4.39 Å². The summed E-state index contributed by atoms with van der Waals surface area (Å²) in [4.78, 5) is 0. The van der Waals surface area contributed by atoms with Crippen molar-refractivity contribution in [3.8, 4) is 0 Å². The monoisotopic (exact) mass is 163 g/mol. The molecule has 0 aromatic rings. The third-order valence-corrected chi connectivity index (χ3v) is 1.75. The summed E-state index contributed by atoms with van der Waals surface area (Å²) in [6, 6.07) is 0. The summed E-state index contributed by atoms with van der Waals surface area (Å²) in [7, 11) is 0. The molecule has 3 nitrogen and oxygen atoms in total. The lowest BCUT2D eigenvalue weighted by Crippen LogP contribution is -2.50. The second-order valence-electron chi connectivity index (χ2n) is 3.41. The molecule has 0 aromatic heterocycles. The quantitative estimate of drug-likeness (QED) is 0.621. The molecule has 66 valence electrons. The molecule has 0 radical (unpaired) electrons. The first-order valence-electron chi connectivity index (χ1n) is 3.66. The van der Waals surface area contributed by atoms with Gasteiger partial charge in [-0.1, -0.05) is 0 Å². The third kappa shape index (κ3) is 2.39. The maximum absolute atomic E-state index is 12.6. The van der Waals surface area contributed by atoms with E-state index >= 15 is 0 Å². The van der Waals surface area contributed by atoms with Crippen molar-refractivity contribution in [2.75, 3.05) is 6.79 Å². The normalized spacial score (nSPS) is 33.8. The molecule has 0 spiro atoms. The largest absolute Gasteiger partial charge is 0.350 e. The molecule has 4 heteroatoms. The van der Waals surface area contributed by atoms with E-state index in [1.165, 1.54) is 0 Å². The second kappa shape index (κ2) is 3.05. The summed E-state index contributed by atoms with van der Waals surface area (Å²) in [6.07, 6.45) is -1.24. The SMILES string of the molecule is CC(C)(N)C1CC(F)OCO1. The lowest BCUT2D eigenvalue weighted by atomic mass is 9.96. The molecule has 1 aliphatic heterocycles. The summed E-state index contributed by atoms with van der Waals surface area (Å²) < 4.78 is 22.3. The van der Waals surface area contributed by atoms with E-state index in [0.29, 0.717) is 0 Å². The van der Waals surface area contributed by atoms with Crippen LogP contribution in [0.25, 0.3) is 0 Å². The van der Waals surface area contributed by atoms with E-state index in [4.69, 9.17) is 10.5 Å². The zero-order chi connectivity index (χ0) is 8.48.